The molecule has 2 aliphatic rings. The molecular formula is C62H47N. The van der Waals surface area contributed by atoms with Crippen LogP contribution in [0.3, 0.4) is 0 Å². The summed E-state index contributed by atoms with van der Waals surface area (Å²) in [7, 11) is 0. The molecule has 1 heteroatoms. The molecule has 10 aromatic carbocycles. The van der Waals surface area contributed by atoms with Gasteiger partial charge >= 0.3 is 0 Å². The summed E-state index contributed by atoms with van der Waals surface area (Å²) in [6.45, 7) is 9.53. The van der Waals surface area contributed by atoms with Crippen LogP contribution in [0.15, 0.2) is 212 Å². The Kier molecular flexibility index (Phi) is 8.30. The zero-order valence-electron chi connectivity index (χ0n) is 36.2. The third-order valence-corrected chi connectivity index (χ3v) is 14.2. The minimum atomic E-state index is -0.160. The van der Waals surface area contributed by atoms with Crippen LogP contribution in [0.4, 0.5) is 17.1 Å². The second-order valence-electron chi connectivity index (χ2n) is 18.6. The van der Waals surface area contributed by atoms with Crippen LogP contribution >= 0.6 is 0 Å². The molecule has 1 nitrogen and oxygen atoms in total. The molecule has 0 aliphatic heterocycles. The van der Waals surface area contributed by atoms with E-state index in [4.69, 9.17) is 0 Å². The lowest BCUT2D eigenvalue weighted by Crippen LogP contribution is -2.16. The second kappa shape index (κ2) is 14.0. The molecule has 2 aliphatic carbocycles. The van der Waals surface area contributed by atoms with E-state index in [1.807, 2.05) is 0 Å². The van der Waals surface area contributed by atoms with Crippen LogP contribution in [-0.4, -0.2) is 0 Å². The summed E-state index contributed by atoms with van der Waals surface area (Å²) in [4.78, 5) is 2.36. The van der Waals surface area contributed by atoms with Crippen molar-refractivity contribution >= 4 is 38.6 Å². The highest BCUT2D eigenvalue weighted by molar-refractivity contribution is 5.94. The van der Waals surface area contributed by atoms with Gasteiger partial charge in [-0.3, -0.25) is 0 Å². The molecule has 300 valence electrons. The van der Waals surface area contributed by atoms with Gasteiger partial charge in [0.15, 0.2) is 0 Å². The van der Waals surface area contributed by atoms with E-state index < -0.39 is 0 Å². The van der Waals surface area contributed by atoms with Crippen molar-refractivity contribution in [3.05, 3.63) is 235 Å². The molecule has 10 aromatic rings. The molecular weight excluding hydrogens is 759 g/mol. The smallest absolute Gasteiger partial charge is 0.0465 e. The van der Waals surface area contributed by atoms with Gasteiger partial charge < -0.3 is 4.90 Å². The van der Waals surface area contributed by atoms with E-state index in [0.29, 0.717) is 0 Å². The van der Waals surface area contributed by atoms with E-state index in [2.05, 4.69) is 245 Å². The van der Waals surface area contributed by atoms with Crippen molar-refractivity contribution in [1.29, 1.82) is 0 Å². The molecule has 0 saturated carbocycles. The molecule has 12 rings (SSSR count). The fourth-order valence-electron chi connectivity index (χ4n) is 10.7. The molecule has 0 fully saturated rings. The number of hydrogen-bond donors (Lipinski definition) is 0. The Morgan fingerprint density at radius 1 is 0.254 bits per heavy atom. The minimum Gasteiger partial charge on any atom is -0.310 e. The maximum absolute atomic E-state index is 2.44. The molecule has 0 saturated heterocycles. The average molecular weight is 806 g/mol. The van der Waals surface area contributed by atoms with Crippen molar-refractivity contribution < 1.29 is 0 Å². The highest BCUT2D eigenvalue weighted by Gasteiger charge is 2.37. The summed E-state index contributed by atoms with van der Waals surface area (Å²) in [5.41, 5.74) is 21.6. The average Bonchev–Trinajstić information content (AvgIpc) is 3.69. The number of hydrogen-bond acceptors (Lipinski definition) is 1. The molecule has 63 heavy (non-hydrogen) atoms. The van der Waals surface area contributed by atoms with E-state index in [1.54, 1.807) is 0 Å². The van der Waals surface area contributed by atoms with Crippen molar-refractivity contribution in [2.45, 2.75) is 38.5 Å². The first kappa shape index (κ1) is 37.3. The van der Waals surface area contributed by atoms with Crippen LogP contribution in [0.25, 0.3) is 77.2 Å². The monoisotopic (exact) mass is 805 g/mol. The van der Waals surface area contributed by atoms with Crippen LogP contribution in [-0.2, 0) is 10.8 Å². The summed E-state index contributed by atoms with van der Waals surface area (Å²) in [5, 5.41) is 5.05. The lowest BCUT2D eigenvalue weighted by molar-refractivity contribution is 0.660. The van der Waals surface area contributed by atoms with Crippen molar-refractivity contribution in [2.24, 2.45) is 0 Å². The third kappa shape index (κ3) is 5.98. The van der Waals surface area contributed by atoms with Gasteiger partial charge in [0.1, 0.15) is 0 Å². The molecule has 0 aromatic heterocycles. The zero-order chi connectivity index (χ0) is 42.5. The van der Waals surface area contributed by atoms with Crippen molar-refractivity contribution in [3.63, 3.8) is 0 Å². The summed E-state index contributed by atoms with van der Waals surface area (Å²) < 4.78 is 0. The molecule has 0 N–H and O–H groups in total. The number of rotatable bonds is 6. The Morgan fingerprint density at radius 3 is 1.02 bits per heavy atom. The van der Waals surface area contributed by atoms with E-state index in [0.717, 1.165) is 11.4 Å². The van der Waals surface area contributed by atoms with Gasteiger partial charge in [-0.25, -0.2) is 0 Å². The Labute approximate surface area is 370 Å². The normalized spacial score (nSPS) is 14.0. The summed E-state index contributed by atoms with van der Waals surface area (Å²) in [6, 6.07) is 79.0. The molecule has 0 unspecified atom stereocenters. The largest absolute Gasteiger partial charge is 0.310 e. The Balaban J connectivity index is 0.833. The second-order valence-corrected chi connectivity index (χ2v) is 18.6. The number of fused-ring (bicyclic) bond motifs is 8. The highest BCUT2D eigenvalue weighted by atomic mass is 15.1. The van der Waals surface area contributed by atoms with E-state index in [1.165, 1.54) is 105 Å². The number of para-hydroxylation sites is 2. The Bertz CT molecular complexity index is 3410. The fraction of sp³-hybridized carbons (Fsp3) is 0.0968. The van der Waals surface area contributed by atoms with Gasteiger partial charge in [-0.2, -0.15) is 0 Å². The van der Waals surface area contributed by atoms with Gasteiger partial charge in [-0.05, 0) is 172 Å². The third-order valence-electron chi connectivity index (χ3n) is 14.2. The standard InChI is InChI=1S/C62H47N/c1-61(2)57-36-47(44-20-19-40-13-11-12-14-41(40)33-44)25-29-53(57)54-30-26-48(37-58(54)61)45-23-21-43-35-46(24-22-42(43)34-45)49-27-31-55-56-32-28-52(39-60(56)62(3,4)59(55)38-49)63(50-15-7-5-8-16-50)51-17-9-6-10-18-51/h5-39H,1-4H3. The van der Waals surface area contributed by atoms with E-state index in [9.17, 15) is 0 Å². The Morgan fingerprint density at radius 2 is 0.571 bits per heavy atom. The van der Waals surface area contributed by atoms with Crippen LogP contribution < -0.4 is 4.90 Å². The predicted octanol–water partition coefficient (Wildman–Crippen LogP) is 17.1. The lowest BCUT2D eigenvalue weighted by Gasteiger charge is -2.28. The maximum Gasteiger partial charge on any atom is 0.0465 e. The molecule has 0 radical (unpaired) electrons. The summed E-state index contributed by atoms with van der Waals surface area (Å²) >= 11 is 0. The predicted molar refractivity (Wildman–Crippen MR) is 268 cm³/mol. The van der Waals surface area contributed by atoms with Crippen molar-refractivity contribution in [2.75, 3.05) is 4.90 Å². The molecule has 0 heterocycles. The molecule has 0 spiro atoms. The first-order valence-corrected chi connectivity index (χ1v) is 22.2. The van der Waals surface area contributed by atoms with E-state index >= 15 is 0 Å². The Hall–Kier alpha value is -7.48. The first-order valence-electron chi connectivity index (χ1n) is 22.2. The molecule has 0 atom stereocenters. The van der Waals surface area contributed by atoms with E-state index in [-0.39, 0.29) is 10.8 Å². The van der Waals surface area contributed by atoms with Crippen LogP contribution in [0.5, 0.6) is 0 Å². The highest BCUT2D eigenvalue weighted by Crippen LogP contribution is 2.53. The fourth-order valence-corrected chi connectivity index (χ4v) is 10.7. The number of anilines is 3. The quantitative estimate of drug-likeness (QED) is 0.162. The van der Waals surface area contributed by atoms with Crippen molar-refractivity contribution in [1.82, 2.24) is 0 Å². The van der Waals surface area contributed by atoms with Crippen LogP contribution in [0.1, 0.15) is 49.9 Å². The van der Waals surface area contributed by atoms with Crippen molar-refractivity contribution in [3.8, 4) is 55.6 Å². The van der Waals surface area contributed by atoms with Gasteiger partial charge in [0.25, 0.3) is 0 Å². The van der Waals surface area contributed by atoms with Gasteiger partial charge in [0.2, 0.25) is 0 Å². The number of benzene rings is 10. The zero-order valence-corrected chi connectivity index (χ0v) is 36.2. The summed E-state index contributed by atoms with van der Waals surface area (Å²) in [6.07, 6.45) is 0. The van der Waals surface area contributed by atoms with Gasteiger partial charge in [0.05, 0.1) is 0 Å². The topological polar surface area (TPSA) is 3.24 Å². The lowest BCUT2D eigenvalue weighted by atomic mass is 9.80. The van der Waals surface area contributed by atoms with Crippen LogP contribution in [0.2, 0.25) is 0 Å². The SMILES string of the molecule is CC1(C)c2cc(-c3ccc4ccccc4c3)ccc2-c2ccc(-c3ccc4cc(-c5ccc6c(c5)C(C)(C)c5cc(N(c7ccccc7)c7ccccc7)ccc5-6)ccc4c3)cc21. The van der Waals surface area contributed by atoms with Gasteiger partial charge in [-0.1, -0.05) is 167 Å². The molecule has 0 amide bonds. The van der Waals surface area contributed by atoms with Gasteiger partial charge in [-0.15, -0.1) is 0 Å². The maximum atomic E-state index is 2.44. The minimum absolute atomic E-state index is 0.113. The summed E-state index contributed by atoms with van der Waals surface area (Å²) in [5.74, 6) is 0. The number of nitrogens with zero attached hydrogens (tertiary/aromatic N) is 1. The first-order chi connectivity index (χ1) is 30.7. The van der Waals surface area contributed by atoms with Gasteiger partial charge in [0, 0.05) is 27.9 Å². The molecule has 0 bridgehead atoms. The van der Waals surface area contributed by atoms with Crippen LogP contribution in [0, 0.1) is 0 Å².